The van der Waals surface area contributed by atoms with Gasteiger partial charge in [-0.15, -0.1) is 0 Å². The van der Waals surface area contributed by atoms with Crippen LogP contribution in [0.25, 0.3) is 0 Å². The van der Waals surface area contributed by atoms with E-state index in [1.54, 1.807) is 12.1 Å². The summed E-state index contributed by atoms with van der Waals surface area (Å²) < 4.78 is 13.2. The molecule has 0 spiro atoms. The third-order valence-electron chi connectivity index (χ3n) is 2.61. The molecule has 0 aliphatic heterocycles. The van der Waals surface area contributed by atoms with Crippen molar-refractivity contribution in [2.45, 2.75) is 6.92 Å². The molecule has 0 aromatic heterocycles. The molecule has 0 saturated carbocycles. The van der Waals surface area contributed by atoms with Gasteiger partial charge in [-0.05, 0) is 30.7 Å². The average Bonchev–Trinajstić information content (AvgIpc) is 2.32. The summed E-state index contributed by atoms with van der Waals surface area (Å²) in [5, 5.41) is 4.02. The van der Waals surface area contributed by atoms with Gasteiger partial charge in [0.15, 0.2) is 0 Å². The van der Waals surface area contributed by atoms with E-state index in [-0.39, 0.29) is 10.7 Å². The van der Waals surface area contributed by atoms with Crippen LogP contribution in [-0.2, 0) is 0 Å². The molecule has 0 heterocycles. The summed E-state index contributed by atoms with van der Waals surface area (Å²) in [7, 11) is 0. The van der Waals surface area contributed by atoms with Gasteiger partial charge in [0, 0.05) is 11.1 Å². The van der Waals surface area contributed by atoms with Crippen LogP contribution in [0.1, 0.15) is 5.56 Å². The number of nitrogen functional groups attached to an aromatic ring is 1. The van der Waals surface area contributed by atoms with Crippen molar-refractivity contribution in [1.82, 2.24) is 0 Å². The molecule has 6 heteroatoms. The Hall–Kier alpha value is -1.16. The first kappa shape index (κ1) is 14.3. The number of nitrogens with two attached hydrogens (primary N) is 1. The number of aryl methyl sites for hydroxylation is 1. The Labute approximate surface area is 125 Å². The fourth-order valence-electron chi connectivity index (χ4n) is 1.56. The molecule has 0 unspecified atom stereocenters. The fraction of sp³-hybridized carbons (Fsp3) is 0.0769. The van der Waals surface area contributed by atoms with Crippen LogP contribution in [0.2, 0.25) is 15.1 Å². The average molecular weight is 320 g/mol. The molecule has 2 rings (SSSR count). The predicted octanol–water partition coefficient (Wildman–Crippen LogP) is 5.42. The molecule has 2 aromatic rings. The molecule has 0 atom stereocenters. The minimum Gasteiger partial charge on any atom is -0.397 e. The van der Waals surface area contributed by atoms with Gasteiger partial charge in [-0.25, -0.2) is 4.39 Å². The van der Waals surface area contributed by atoms with Crippen LogP contribution in [-0.4, -0.2) is 0 Å². The molecule has 2 nitrogen and oxygen atoms in total. The first-order chi connectivity index (χ1) is 8.88. The second-order valence-electron chi connectivity index (χ2n) is 4.06. The monoisotopic (exact) mass is 318 g/mol. The highest BCUT2D eigenvalue weighted by Gasteiger charge is 2.09. The third-order valence-corrected chi connectivity index (χ3v) is 3.62. The highest BCUT2D eigenvalue weighted by atomic mass is 35.5. The van der Waals surface area contributed by atoms with Gasteiger partial charge in [-0.1, -0.05) is 34.8 Å². The Balaban J connectivity index is 2.42. The minimum atomic E-state index is -0.572. The Bertz CT molecular complexity index is 589. The lowest BCUT2D eigenvalue weighted by atomic mass is 10.2. The summed E-state index contributed by atoms with van der Waals surface area (Å²) in [4.78, 5) is 0. The molecule has 3 N–H and O–H groups in total. The number of halogens is 4. The number of rotatable bonds is 2. The second kappa shape index (κ2) is 5.45. The minimum absolute atomic E-state index is 0.0222. The van der Waals surface area contributed by atoms with Crippen molar-refractivity contribution >= 4 is 51.9 Å². The first-order valence-corrected chi connectivity index (χ1v) is 6.49. The zero-order valence-corrected chi connectivity index (χ0v) is 12.2. The van der Waals surface area contributed by atoms with Crippen molar-refractivity contribution in [3.63, 3.8) is 0 Å². The first-order valence-electron chi connectivity index (χ1n) is 5.35. The lowest BCUT2D eigenvalue weighted by molar-refractivity contribution is 0.629. The van der Waals surface area contributed by atoms with Gasteiger partial charge in [0.05, 0.1) is 27.1 Å². The van der Waals surface area contributed by atoms with E-state index in [0.717, 1.165) is 11.6 Å². The molecular formula is C13H10Cl3FN2. The summed E-state index contributed by atoms with van der Waals surface area (Å²) >= 11 is 17.9. The van der Waals surface area contributed by atoms with E-state index in [1.165, 1.54) is 6.07 Å². The molecule has 0 radical (unpaired) electrons. The summed E-state index contributed by atoms with van der Waals surface area (Å²) in [5.74, 6) is -0.572. The molecule has 0 amide bonds. The van der Waals surface area contributed by atoms with Gasteiger partial charge < -0.3 is 11.1 Å². The lowest BCUT2D eigenvalue weighted by Gasteiger charge is -2.13. The Morgan fingerprint density at radius 1 is 0.947 bits per heavy atom. The molecule has 100 valence electrons. The van der Waals surface area contributed by atoms with E-state index in [9.17, 15) is 4.39 Å². The standard InChI is InChI=1S/C13H10Cl3FN2/c1-6-2-9(16)12(3-7(6)14)19-13-4-8(15)10(17)5-11(13)18/h2-5,19H,18H2,1H3. The van der Waals surface area contributed by atoms with E-state index in [0.29, 0.717) is 21.4 Å². The van der Waals surface area contributed by atoms with Crippen LogP contribution in [0.15, 0.2) is 24.3 Å². The lowest BCUT2D eigenvalue weighted by Crippen LogP contribution is -1.98. The number of hydrogen-bond acceptors (Lipinski definition) is 2. The van der Waals surface area contributed by atoms with Crippen LogP contribution in [0.3, 0.4) is 0 Å². The molecule has 0 aliphatic carbocycles. The molecule has 0 aliphatic rings. The van der Waals surface area contributed by atoms with Gasteiger partial charge in [-0.3, -0.25) is 0 Å². The zero-order chi connectivity index (χ0) is 14.2. The number of benzene rings is 2. The summed E-state index contributed by atoms with van der Waals surface area (Å²) in [6, 6.07) is 5.95. The molecule has 0 bridgehead atoms. The Morgan fingerprint density at radius 3 is 2.26 bits per heavy atom. The van der Waals surface area contributed by atoms with Gasteiger partial charge in [0.1, 0.15) is 5.82 Å². The molecule has 0 saturated heterocycles. The maximum atomic E-state index is 13.2. The molecule has 0 fully saturated rings. The van der Waals surface area contributed by atoms with Crippen molar-refractivity contribution in [2.24, 2.45) is 0 Å². The van der Waals surface area contributed by atoms with Crippen LogP contribution in [0.5, 0.6) is 0 Å². The second-order valence-corrected chi connectivity index (χ2v) is 5.28. The number of hydrogen-bond donors (Lipinski definition) is 2. The summed E-state index contributed by atoms with van der Waals surface area (Å²) in [5.41, 5.74) is 7.85. The summed E-state index contributed by atoms with van der Waals surface area (Å²) in [6.45, 7) is 1.85. The smallest absolute Gasteiger partial charge is 0.143 e. The summed E-state index contributed by atoms with van der Waals surface area (Å²) in [6.07, 6.45) is 0. The van der Waals surface area contributed by atoms with Crippen LogP contribution in [0.4, 0.5) is 21.5 Å². The normalized spacial score (nSPS) is 10.6. The van der Waals surface area contributed by atoms with E-state index in [2.05, 4.69) is 5.32 Å². The number of anilines is 3. The molecule has 2 aromatic carbocycles. The van der Waals surface area contributed by atoms with Crippen LogP contribution < -0.4 is 11.1 Å². The van der Waals surface area contributed by atoms with Crippen molar-refractivity contribution in [3.8, 4) is 0 Å². The highest BCUT2D eigenvalue weighted by molar-refractivity contribution is 6.36. The topological polar surface area (TPSA) is 38.0 Å². The van der Waals surface area contributed by atoms with Crippen LogP contribution in [0, 0.1) is 12.7 Å². The van der Waals surface area contributed by atoms with Crippen molar-refractivity contribution in [2.75, 3.05) is 11.1 Å². The molecular weight excluding hydrogens is 310 g/mol. The van der Waals surface area contributed by atoms with E-state index in [4.69, 9.17) is 40.5 Å². The van der Waals surface area contributed by atoms with Gasteiger partial charge in [0.2, 0.25) is 0 Å². The number of nitrogens with one attached hydrogen (secondary N) is 1. The predicted molar refractivity (Wildman–Crippen MR) is 80.3 cm³/mol. The maximum absolute atomic E-state index is 13.2. The largest absolute Gasteiger partial charge is 0.397 e. The third kappa shape index (κ3) is 3.06. The van der Waals surface area contributed by atoms with Gasteiger partial charge in [-0.2, -0.15) is 0 Å². The van der Waals surface area contributed by atoms with Crippen molar-refractivity contribution in [1.29, 1.82) is 0 Å². The fourth-order valence-corrected chi connectivity index (χ4v) is 2.15. The van der Waals surface area contributed by atoms with E-state index in [1.807, 2.05) is 6.92 Å². The van der Waals surface area contributed by atoms with Crippen LogP contribution >= 0.6 is 34.8 Å². The zero-order valence-electron chi connectivity index (χ0n) is 9.90. The molecule has 19 heavy (non-hydrogen) atoms. The van der Waals surface area contributed by atoms with E-state index >= 15 is 0 Å². The van der Waals surface area contributed by atoms with Crippen molar-refractivity contribution < 1.29 is 4.39 Å². The Kier molecular flexibility index (Phi) is 4.09. The van der Waals surface area contributed by atoms with Gasteiger partial charge in [0.25, 0.3) is 0 Å². The van der Waals surface area contributed by atoms with Crippen molar-refractivity contribution in [3.05, 3.63) is 50.7 Å². The quantitative estimate of drug-likeness (QED) is 0.725. The maximum Gasteiger partial charge on any atom is 0.143 e. The Morgan fingerprint density at radius 2 is 1.58 bits per heavy atom. The highest BCUT2D eigenvalue weighted by Crippen LogP contribution is 2.34. The van der Waals surface area contributed by atoms with E-state index < -0.39 is 5.82 Å². The van der Waals surface area contributed by atoms with Gasteiger partial charge >= 0.3 is 0 Å². The SMILES string of the molecule is Cc1cc(Cl)c(Nc2cc(Cl)c(F)cc2N)cc1Cl.